The van der Waals surface area contributed by atoms with Gasteiger partial charge in [0.05, 0.1) is 15.7 Å². The predicted molar refractivity (Wildman–Crippen MR) is 126 cm³/mol. The number of ether oxygens (including phenoxy) is 3. The first-order chi connectivity index (χ1) is 16.5. The van der Waals surface area contributed by atoms with Crippen molar-refractivity contribution in [3.05, 3.63) is 64.3 Å². The van der Waals surface area contributed by atoms with Gasteiger partial charge < -0.3 is 24.8 Å². The van der Waals surface area contributed by atoms with Gasteiger partial charge in [-0.1, -0.05) is 29.3 Å². The number of carbonyl (C=O) groups excluding carboxylic acids is 2. The molecule has 0 fully saturated rings. The van der Waals surface area contributed by atoms with Gasteiger partial charge in [-0.25, -0.2) is 9.78 Å². The zero-order chi connectivity index (χ0) is 24.1. The first-order valence-corrected chi connectivity index (χ1v) is 10.8. The minimum Gasteiger partial charge on any atom is -0.490 e. The molecule has 0 atom stereocenters. The van der Waals surface area contributed by atoms with Crippen molar-refractivity contribution in [2.45, 2.75) is 0 Å². The molecule has 1 aliphatic heterocycles. The highest BCUT2D eigenvalue weighted by Gasteiger charge is 2.31. The Morgan fingerprint density at radius 3 is 2.59 bits per heavy atom. The SMILES string of the molecule is CNC(=O)OCCOc1ccc(Nc2ncc3c(n2)OCN(c2c(Cl)cccc2Cl)C3=O)cc1. The van der Waals surface area contributed by atoms with E-state index >= 15 is 0 Å². The minimum atomic E-state index is -0.515. The lowest BCUT2D eigenvalue weighted by atomic mass is 10.2. The van der Waals surface area contributed by atoms with Crippen molar-refractivity contribution >= 4 is 52.5 Å². The van der Waals surface area contributed by atoms with Crippen LogP contribution in [0.25, 0.3) is 0 Å². The standard InChI is InChI=1S/C22H19Cl2N5O5/c1-25-22(31)33-10-9-32-14-7-5-13(6-8-14)27-21-26-11-15-19(28-21)34-12-29(20(15)30)18-16(23)3-2-4-17(18)24/h2-8,11H,9-10,12H2,1H3,(H,25,31)(H,26,27,28). The molecule has 176 valence electrons. The van der Waals surface area contributed by atoms with Crippen LogP contribution in [0.4, 0.5) is 22.1 Å². The fraction of sp³-hybridized carbons (Fsp3) is 0.182. The molecular weight excluding hydrogens is 485 g/mol. The number of halogens is 2. The van der Waals surface area contributed by atoms with Gasteiger partial charge in [-0.15, -0.1) is 0 Å². The van der Waals surface area contributed by atoms with E-state index in [1.165, 1.54) is 18.1 Å². The quantitative estimate of drug-likeness (QED) is 0.459. The van der Waals surface area contributed by atoms with Crippen LogP contribution in [-0.2, 0) is 4.74 Å². The van der Waals surface area contributed by atoms with Crippen LogP contribution >= 0.6 is 23.2 Å². The molecule has 2 N–H and O–H groups in total. The summed E-state index contributed by atoms with van der Waals surface area (Å²) in [6.45, 7) is 0.249. The second kappa shape index (κ2) is 10.4. The number of anilines is 3. The Labute approximate surface area is 204 Å². The van der Waals surface area contributed by atoms with E-state index < -0.39 is 6.09 Å². The van der Waals surface area contributed by atoms with Crippen LogP contribution in [-0.4, -0.2) is 49.0 Å². The van der Waals surface area contributed by atoms with Crippen LogP contribution in [0.1, 0.15) is 10.4 Å². The summed E-state index contributed by atoms with van der Waals surface area (Å²) in [5.74, 6) is 0.635. The third-order valence-electron chi connectivity index (χ3n) is 4.67. The molecule has 0 unspecified atom stereocenters. The monoisotopic (exact) mass is 503 g/mol. The Kier molecular flexibility index (Phi) is 7.19. The average molecular weight is 504 g/mol. The Morgan fingerprint density at radius 1 is 1.15 bits per heavy atom. The Balaban J connectivity index is 1.39. The van der Waals surface area contributed by atoms with Crippen LogP contribution < -0.4 is 25.0 Å². The Bertz CT molecular complexity index is 1190. The number of hydrogen-bond donors (Lipinski definition) is 2. The van der Waals surface area contributed by atoms with Crippen molar-refractivity contribution in [3.63, 3.8) is 0 Å². The van der Waals surface area contributed by atoms with E-state index in [1.54, 1.807) is 42.5 Å². The van der Waals surface area contributed by atoms with Crippen molar-refractivity contribution in [1.29, 1.82) is 0 Å². The summed E-state index contributed by atoms with van der Waals surface area (Å²) in [6.07, 6.45) is 0.868. The lowest BCUT2D eigenvalue weighted by Gasteiger charge is -2.29. The molecule has 4 rings (SSSR count). The lowest BCUT2D eigenvalue weighted by molar-refractivity contribution is 0.0932. The topological polar surface area (TPSA) is 115 Å². The first kappa shape index (κ1) is 23.4. The van der Waals surface area contributed by atoms with Crippen LogP contribution in [0.2, 0.25) is 10.0 Å². The summed E-state index contributed by atoms with van der Waals surface area (Å²) in [4.78, 5) is 33.8. The molecule has 2 aromatic carbocycles. The summed E-state index contributed by atoms with van der Waals surface area (Å²) < 4.78 is 16.1. The van der Waals surface area contributed by atoms with Gasteiger partial charge >= 0.3 is 6.09 Å². The first-order valence-electron chi connectivity index (χ1n) is 10.1. The zero-order valence-electron chi connectivity index (χ0n) is 17.9. The maximum Gasteiger partial charge on any atom is 0.406 e. The third-order valence-corrected chi connectivity index (χ3v) is 5.28. The molecule has 0 radical (unpaired) electrons. The Morgan fingerprint density at radius 2 is 1.88 bits per heavy atom. The molecule has 0 saturated carbocycles. The number of alkyl carbamates (subject to hydrolysis) is 1. The van der Waals surface area contributed by atoms with Crippen molar-refractivity contribution < 1.29 is 23.8 Å². The number of para-hydroxylation sites is 1. The fourth-order valence-corrected chi connectivity index (χ4v) is 3.66. The highest BCUT2D eigenvalue weighted by atomic mass is 35.5. The van der Waals surface area contributed by atoms with Crippen LogP contribution in [0, 0.1) is 0 Å². The molecule has 0 aliphatic carbocycles. The number of carbonyl (C=O) groups is 2. The molecule has 10 nitrogen and oxygen atoms in total. The van der Waals surface area contributed by atoms with E-state index in [0.29, 0.717) is 27.2 Å². The molecule has 1 aromatic heterocycles. The summed E-state index contributed by atoms with van der Waals surface area (Å²) in [7, 11) is 1.48. The molecule has 34 heavy (non-hydrogen) atoms. The summed E-state index contributed by atoms with van der Waals surface area (Å²) >= 11 is 12.5. The molecular formula is C22H19Cl2N5O5. The van der Waals surface area contributed by atoms with Gasteiger partial charge in [0, 0.05) is 18.9 Å². The van der Waals surface area contributed by atoms with Crippen LogP contribution in [0.5, 0.6) is 11.6 Å². The van der Waals surface area contributed by atoms with E-state index in [-0.39, 0.29) is 43.2 Å². The average Bonchev–Trinajstić information content (AvgIpc) is 2.84. The molecule has 3 aromatic rings. The number of hydrogen-bond acceptors (Lipinski definition) is 8. The van der Waals surface area contributed by atoms with Crippen molar-refractivity contribution in [2.24, 2.45) is 0 Å². The van der Waals surface area contributed by atoms with Crippen molar-refractivity contribution in [1.82, 2.24) is 15.3 Å². The number of fused-ring (bicyclic) bond motifs is 1. The van der Waals surface area contributed by atoms with Gasteiger partial charge in [0.1, 0.15) is 24.5 Å². The molecule has 2 heterocycles. The lowest BCUT2D eigenvalue weighted by Crippen LogP contribution is -2.39. The van der Waals surface area contributed by atoms with Gasteiger partial charge in [-0.05, 0) is 36.4 Å². The summed E-state index contributed by atoms with van der Waals surface area (Å²) in [6, 6.07) is 12.0. The molecule has 0 saturated heterocycles. The summed E-state index contributed by atoms with van der Waals surface area (Å²) in [5.41, 5.74) is 1.25. The van der Waals surface area contributed by atoms with Gasteiger partial charge in [0.15, 0.2) is 6.73 Å². The second-order valence-corrected chi connectivity index (χ2v) is 7.69. The van der Waals surface area contributed by atoms with Gasteiger partial charge in [0.2, 0.25) is 11.8 Å². The highest BCUT2D eigenvalue weighted by Crippen LogP contribution is 2.37. The normalized spacial score (nSPS) is 12.4. The van der Waals surface area contributed by atoms with Crippen molar-refractivity contribution in [3.8, 4) is 11.6 Å². The minimum absolute atomic E-state index is 0.0958. The molecule has 0 spiro atoms. The largest absolute Gasteiger partial charge is 0.490 e. The maximum absolute atomic E-state index is 13.0. The van der Waals surface area contributed by atoms with E-state index in [0.717, 1.165) is 0 Å². The Hall–Kier alpha value is -3.76. The number of nitrogens with zero attached hydrogens (tertiary/aromatic N) is 3. The fourth-order valence-electron chi connectivity index (χ4n) is 3.06. The van der Waals surface area contributed by atoms with E-state index in [4.69, 9.17) is 37.4 Å². The second-order valence-electron chi connectivity index (χ2n) is 6.87. The molecule has 1 aliphatic rings. The van der Waals surface area contributed by atoms with Gasteiger partial charge in [-0.3, -0.25) is 9.69 Å². The van der Waals surface area contributed by atoms with Gasteiger partial charge in [0.25, 0.3) is 5.91 Å². The highest BCUT2D eigenvalue weighted by molar-refractivity contribution is 6.40. The molecule has 0 bridgehead atoms. The number of amides is 2. The van der Waals surface area contributed by atoms with E-state index in [2.05, 4.69) is 20.6 Å². The zero-order valence-corrected chi connectivity index (χ0v) is 19.4. The van der Waals surface area contributed by atoms with Crippen LogP contribution in [0.3, 0.4) is 0 Å². The number of benzene rings is 2. The molecule has 2 amide bonds. The van der Waals surface area contributed by atoms with E-state index in [9.17, 15) is 9.59 Å². The van der Waals surface area contributed by atoms with Gasteiger partial charge in [-0.2, -0.15) is 4.98 Å². The van der Waals surface area contributed by atoms with E-state index in [1.807, 2.05) is 0 Å². The molecule has 12 heteroatoms. The predicted octanol–water partition coefficient (Wildman–Crippen LogP) is 4.26. The number of rotatable bonds is 7. The number of nitrogens with one attached hydrogen (secondary N) is 2. The number of aromatic nitrogens is 2. The van der Waals surface area contributed by atoms with Crippen molar-refractivity contribution in [2.75, 3.05) is 37.2 Å². The maximum atomic E-state index is 13.0. The summed E-state index contributed by atoms with van der Waals surface area (Å²) in [5, 5.41) is 6.06. The smallest absolute Gasteiger partial charge is 0.406 e. The third kappa shape index (κ3) is 5.24. The van der Waals surface area contributed by atoms with Crippen LogP contribution in [0.15, 0.2) is 48.7 Å².